The summed E-state index contributed by atoms with van der Waals surface area (Å²) in [5, 5.41) is 24.5. The minimum atomic E-state index is -5.08. The van der Waals surface area contributed by atoms with E-state index in [1.807, 2.05) is 12.1 Å². The first-order chi connectivity index (χ1) is 17.0. The van der Waals surface area contributed by atoms with E-state index in [9.17, 15) is 27.9 Å². The molecule has 2 heterocycles. The van der Waals surface area contributed by atoms with Crippen LogP contribution < -0.4 is 10.6 Å². The van der Waals surface area contributed by atoms with Crippen molar-refractivity contribution in [1.29, 1.82) is 0 Å². The van der Waals surface area contributed by atoms with Crippen molar-refractivity contribution >= 4 is 46.7 Å². The molecule has 1 amide bonds. The van der Waals surface area contributed by atoms with Crippen LogP contribution in [0, 0.1) is 5.41 Å². The first-order valence-electron chi connectivity index (χ1n) is 11.1. The van der Waals surface area contributed by atoms with Gasteiger partial charge in [0, 0.05) is 27.7 Å². The number of rotatable bonds is 3. The summed E-state index contributed by atoms with van der Waals surface area (Å²) in [5.41, 5.74) is 0.892. The van der Waals surface area contributed by atoms with Crippen LogP contribution in [0.25, 0.3) is 0 Å². The summed E-state index contributed by atoms with van der Waals surface area (Å²) in [6.07, 6.45) is -4.47. The van der Waals surface area contributed by atoms with Gasteiger partial charge < -0.3 is 15.5 Å². The van der Waals surface area contributed by atoms with Gasteiger partial charge in [0.15, 0.2) is 0 Å². The highest BCUT2D eigenvalue weighted by molar-refractivity contribution is 6.31. The van der Waals surface area contributed by atoms with Crippen LogP contribution in [0.3, 0.4) is 0 Å². The molecule has 0 saturated carbocycles. The van der Waals surface area contributed by atoms with E-state index in [-0.39, 0.29) is 17.4 Å². The number of fused-ring (bicyclic) bond motifs is 2. The summed E-state index contributed by atoms with van der Waals surface area (Å²) in [5.74, 6) is -4.60. The molecule has 0 radical (unpaired) electrons. The predicted octanol–water partition coefficient (Wildman–Crippen LogP) is 5.46. The van der Waals surface area contributed by atoms with E-state index in [4.69, 9.17) is 33.1 Å². The second kappa shape index (κ2) is 10.2. The molecular formula is C25H25Cl2F3N2O5. The van der Waals surface area contributed by atoms with E-state index in [2.05, 4.69) is 31.4 Å². The SMILES string of the molecule is CC(C)(C)C[C@@H]1N[C@@H](C(=O)O)[C@@H](c2cccc(Cl)c2)C12C(=O)Nc1cc(Cl)ccc12.O=C(O)C(F)(F)F. The van der Waals surface area contributed by atoms with Crippen LogP contribution in [0.5, 0.6) is 0 Å². The quantitative estimate of drug-likeness (QED) is 0.396. The van der Waals surface area contributed by atoms with Gasteiger partial charge in [-0.1, -0.05) is 62.2 Å². The van der Waals surface area contributed by atoms with Crippen molar-refractivity contribution in [3.63, 3.8) is 0 Å². The van der Waals surface area contributed by atoms with Gasteiger partial charge in [0.25, 0.3) is 0 Å². The van der Waals surface area contributed by atoms with Gasteiger partial charge in [0.2, 0.25) is 5.91 Å². The highest BCUT2D eigenvalue weighted by atomic mass is 35.5. The molecular weight excluding hydrogens is 536 g/mol. The van der Waals surface area contributed by atoms with E-state index in [0.29, 0.717) is 22.2 Å². The lowest BCUT2D eigenvalue weighted by molar-refractivity contribution is -0.192. The summed E-state index contributed by atoms with van der Waals surface area (Å²) in [7, 11) is 0. The van der Waals surface area contributed by atoms with Gasteiger partial charge in [0.1, 0.15) is 11.5 Å². The molecule has 2 aliphatic heterocycles. The van der Waals surface area contributed by atoms with E-state index in [0.717, 1.165) is 11.1 Å². The number of carbonyl (C=O) groups is 3. The van der Waals surface area contributed by atoms with Crippen molar-refractivity contribution in [3.05, 3.63) is 63.6 Å². The first-order valence-corrected chi connectivity index (χ1v) is 11.9. The number of hydrogen-bond donors (Lipinski definition) is 4. The second-order valence-electron chi connectivity index (χ2n) is 10.1. The molecule has 1 fully saturated rings. The van der Waals surface area contributed by atoms with Crippen LogP contribution in [-0.2, 0) is 19.8 Å². The molecule has 4 N–H and O–H groups in total. The normalized spacial score (nSPS) is 24.8. The lowest BCUT2D eigenvalue weighted by atomic mass is 9.62. The van der Waals surface area contributed by atoms with Crippen LogP contribution in [-0.4, -0.2) is 46.3 Å². The Morgan fingerprint density at radius 2 is 1.62 bits per heavy atom. The average molecular weight is 561 g/mol. The predicted molar refractivity (Wildman–Crippen MR) is 132 cm³/mol. The van der Waals surface area contributed by atoms with Gasteiger partial charge >= 0.3 is 18.1 Å². The largest absolute Gasteiger partial charge is 0.490 e. The fourth-order valence-corrected chi connectivity index (χ4v) is 5.48. The lowest BCUT2D eigenvalue weighted by Crippen LogP contribution is -2.49. The van der Waals surface area contributed by atoms with E-state index in [1.165, 1.54) is 0 Å². The van der Waals surface area contributed by atoms with Crippen LogP contribution in [0.1, 0.15) is 44.2 Å². The third-order valence-electron chi connectivity index (χ3n) is 6.34. The number of carboxylic acid groups (broad SMARTS) is 2. The fraction of sp³-hybridized carbons (Fsp3) is 0.400. The number of benzene rings is 2. The molecule has 200 valence electrons. The molecule has 0 bridgehead atoms. The van der Waals surface area contributed by atoms with Crippen molar-refractivity contribution in [2.75, 3.05) is 5.32 Å². The molecule has 2 aromatic rings. The molecule has 1 spiro atoms. The standard InChI is InChI=1S/C23H24Cl2N2O3.C2HF3O2/c1-22(2,3)11-17-23(15-8-7-14(25)10-16(15)26-21(23)30)18(19(27-17)20(28)29)12-5-4-6-13(24)9-12;3-2(4,5)1(6)7/h4-10,17-19,27H,11H2,1-3H3,(H,26,30)(H,28,29);(H,6,7)/t17-,18+,19+,23?;/m0./s1. The Hall–Kier alpha value is -2.82. The van der Waals surface area contributed by atoms with Crippen molar-refractivity contribution in [3.8, 4) is 0 Å². The summed E-state index contributed by atoms with van der Waals surface area (Å²) in [4.78, 5) is 34.9. The monoisotopic (exact) mass is 560 g/mol. The number of aliphatic carboxylic acids is 2. The summed E-state index contributed by atoms with van der Waals surface area (Å²) in [6.45, 7) is 6.25. The van der Waals surface area contributed by atoms with E-state index < -0.39 is 35.5 Å². The maximum absolute atomic E-state index is 13.7. The Morgan fingerprint density at radius 3 is 2.14 bits per heavy atom. The molecule has 1 saturated heterocycles. The minimum absolute atomic E-state index is 0.133. The zero-order chi connectivity index (χ0) is 27.9. The molecule has 2 aromatic carbocycles. The van der Waals surface area contributed by atoms with Crippen molar-refractivity contribution in [2.24, 2.45) is 5.41 Å². The molecule has 12 heteroatoms. The fourth-order valence-electron chi connectivity index (χ4n) is 5.11. The third kappa shape index (κ3) is 5.71. The first kappa shape index (κ1) is 28.7. The summed E-state index contributed by atoms with van der Waals surface area (Å²) in [6, 6.07) is 11.1. The highest BCUT2D eigenvalue weighted by Crippen LogP contribution is 2.56. The van der Waals surface area contributed by atoms with Gasteiger partial charge in [0.05, 0.1) is 0 Å². The Balaban J connectivity index is 0.000000479. The van der Waals surface area contributed by atoms with E-state index >= 15 is 0 Å². The molecule has 2 aliphatic rings. The van der Waals surface area contributed by atoms with Gasteiger partial charge in [-0.3, -0.25) is 14.9 Å². The molecule has 7 nitrogen and oxygen atoms in total. The maximum Gasteiger partial charge on any atom is 0.490 e. The summed E-state index contributed by atoms with van der Waals surface area (Å²) < 4.78 is 31.7. The Bertz CT molecular complexity index is 1230. The molecule has 37 heavy (non-hydrogen) atoms. The summed E-state index contributed by atoms with van der Waals surface area (Å²) >= 11 is 12.4. The zero-order valence-electron chi connectivity index (χ0n) is 20.0. The topological polar surface area (TPSA) is 116 Å². The number of alkyl halides is 3. The smallest absolute Gasteiger partial charge is 0.480 e. The third-order valence-corrected chi connectivity index (χ3v) is 6.81. The van der Waals surface area contributed by atoms with Gasteiger partial charge in [-0.2, -0.15) is 13.2 Å². The number of nitrogens with one attached hydrogen (secondary N) is 2. The van der Waals surface area contributed by atoms with E-state index in [1.54, 1.807) is 30.3 Å². The number of carboxylic acids is 2. The molecule has 4 rings (SSSR count). The van der Waals surface area contributed by atoms with Crippen LogP contribution in [0.15, 0.2) is 42.5 Å². The average Bonchev–Trinajstić information content (AvgIpc) is 3.22. The highest BCUT2D eigenvalue weighted by Gasteiger charge is 2.65. The van der Waals surface area contributed by atoms with Crippen molar-refractivity contribution in [1.82, 2.24) is 5.32 Å². The van der Waals surface area contributed by atoms with Crippen molar-refractivity contribution < 1.29 is 37.8 Å². The second-order valence-corrected chi connectivity index (χ2v) is 11.0. The number of amides is 1. The van der Waals surface area contributed by atoms with Crippen LogP contribution in [0.4, 0.5) is 18.9 Å². The Kier molecular flexibility index (Phi) is 7.89. The van der Waals surface area contributed by atoms with Gasteiger partial charge in [-0.15, -0.1) is 0 Å². The van der Waals surface area contributed by atoms with Crippen molar-refractivity contribution in [2.45, 2.75) is 56.8 Å². The van der Waals surface area contributed by atoms with Gasteiger partial charge in [-0.25, -0.2) is 4.79 Å². The van der Waals surface area contributed by atoms with Gasteiger partial charge in [-0.05, 0) is 47.2 Å². The van der Waals surface area contributed by atoms with Crippen LogP contribution >= 0.6 is 23.2 Å². The molecule has 0 aliphatic carbocycles. The number of halogens is 5. The minimum Gasteiger partial charge on any atom is -0.480 e. The Morgan fingerprint density at radius 1 is 1.03 bits per heavy atom. The Labute approximate surface area is 221 Å². The zero-order valence-corrected chi connectivity index (χ0v) is 21.5. The van der Waals surface area contributed by atoms with Crippen LogP contribution in [0.2, 0.25) is 10.0 Å². The number of anilines is 1. The number of hydrogen-bond acceptors (Lipinski definition) is 4. The lowest BCUT2D eigenvalue weighted by Gasteiger charge is -2.37. The molecule has 4 atom stereocenters. The number of carbonyl (C=O) groups excluding carboxylic acids is 1. The maximum atomic E-state index is 13.7. The molecule has 1 unspecified atom stereocenters. The molecule has 0 aromatic heterocycles.